The molecule has 0 bridgehead atoms. The lowest BCUT2D eigenvalue weighted by Crippen LogP contribution is -2.29. The monoisotopic (exact) mass is 250 g/mol. The summed E-state index contributed by atoms with van der Waals surface area (Å²) in [7, 11) is 0. The summed E-state index contributed by atoms with van der Waals surface area (Å²) in [4.78, 5) is 22.6. The molecule has 18 heavy (non-hydrogen) atoms. The van der Waals surface area contributed by atoms with E-state index in [0.717, 1.165) is 5.01 Å². The van der Waals surface area contributed by atoms with Crippen LogP contribution in [-0.2, 0) is 9.59 Å². The first-order valence-corrected chi connectivity index (χ1v) is 5.36. The summed E-state index contributed by atoms with van der Waals surface area (Å²) in [6.07, 6.45) is -0.334. The van der Waals surface area contributed by atoms with Crippen LogP contribution >= 0.6 is 0 Å². The minimum absolute atomic E-state index is 0.0368. The van der Waals surface area contributed by atoms with E-state index >= 15 is 0 Å². The molecule has 1 amide bonds. The molecule has 0 aliphatic carbocycles. The molecule has 0 radical (unpaired) electrons. The van der Waals surface area contributed by atoms with Gasteiger partial charge < -0.3 is 5.11 Å². The number of hydrogen-bond acceptors (Lipinski definition) is 3. The van der Waals surface area contributed by atoms with Gasteiger partial charge in [-0.05, 0) is 19.1 Å². The summed E-state index contributed by atoms with van der Waals surface area (Å²) in [5.41, 5.74) is 0.417. The maximum Gasteiger partial charge on any atom is 0.304 e. The highest BCUT2D eigenvalue weighted by atomic mass is 19.1. The van der Waals surface area contributed by atoms with Crippen molar-refractivity contribution in [3.05, 3.63) is 30.1 Å². The summed E-state index contributed by atoms with van der Waals surface area (Å²) in [5, 5.41) is 13.6. The van der Waals surface area contributed by atoms with Gasteiger partial charge in [0.2, 0.25) is 0 Å². The summed E-state index contributed by atoms with van der Waals surface area (Å²) >= 11 is 0. The normalized spacial score (nSPS) is 19.0. The zero-order valence-corrected chi connectivity index (χ0v) is 9.63. The molecular weight excluding hydrogens is 239 g/mol. The van der Waals surface area contributed by atoms with Crippen molar-refractivity contribution in [2.75, 3.05) is 5.01 Å². The molecule has 6 heteroatoms. The predicted octanol–water partition coefficient (Wildman–Crippen LogP) is 1.64. The fourth-order valence-electron chi connectivity index (χ4n) is 1.81. The van der Waals surface area contributed by atoms with Gasteiger partial charge in [0.15, 0.2) is 0 Å². The van der Waals surface area contributed by atoms with Crippen molar-refractivity contribution >= 4 is 23.3 Å². The zero-order chi connectivity index (χ0) is 13.3. The first-order valence-electron chi connectivity index (χ1n) is 5.36. The van der Waals surface area contributed by atoms with Crippen LogP contribution < -0.4 is 5.01 Å². The Hall–Kier alpha value is -2.24. The number of hydrazone groups is 1. The molecule has 1 heterocycles. The molecule has 1 aliphatic rings. The molecule has 1 aliphatic heterocycles. The van der Waals surface area contributed by atoms with Crippen LogP contribution in [0.2, 0.25) is 0 Å². The zero-order valence-electron chi connectivity index (χ0n) is 9.63. The third-order valence-corrected chi connectivity index (χ3v) is 2.73. The molecule has 1 unspecified atom stereocenters. The average molecular weight is 250 g/mol. The van der Waals surface area contributed by atoms with Crippen molar-refractivity contribution < 1.29 is 19.1 Å². The van der Waals surface area contributed by atoms with Crippen LogP contribution in [-0.4, -0.2) is 22.7 Å². The van der Waals surface area contributed by atoms with Gasteiger partial charge in [-0.1, -0.05) is 12.1 Å². The topological polar surface area (TPSA) is 70.0 Å². The lowest BCUT2D eigenvalue weighted by Gasteiger charge is -2.14. The lowest BCUT2D eigenvalue weighted by molar-refractivity contribution is -0.139. The first kappa shape index (κ1) is 12.2. The third kappa shape index (κ3) is 2.09. The Morgan fingerprint density at radius 3 is 2.78 bits per heavy atom. The Bertz CT molecular complexity index is 542. The average Bonchev–Trinajstić information content (AvgIpc) is 2.57. The minimum Gasteiger partial charge on any atom is -0.481 e. The molecule has 0 aromatic heterocycles. The largest absolute Gasteiger partial charge is 0.481 e. The van der Waals surface area contributed by atoms with Gasteiger partial charge in [-0.2, -0.15) is 10.1 Å². The fourth-order valence-corrected chi connectivity index (χ4v) is 1.81. The molecule has 5 nitrogen and oxygen atoms in total. The van der Waals surface area contributed by atoms with Gasteiger partial charge in [-0.3, -0.25) is 9.59 Å². The Morgan fingerprint density at radius 2 is 2.17 bits per heavy atom. The lowest BCUT2D eigenvalue weighted by atomic mass is 10.0. The summed E-state index contributed by atoms with van der Waals surface area (Å²) in [6.45, 7) is 1.56. The molecule has 1 aromatic carbocycles. The maximum atomic E-state index is 13.6. The van der Waals surface area contributed by atoms with Crippen molar-refractivity contribution in [1.29, 1.82) is 0 Å². The van der Waals surface area contributed by atoms with E-state index in [-0.39, 0.29) is 12.1 Å². The number of nitrogens with zero attached hydrogens (tertiary/aromatic N) is 2. The van der Waals surface area contributed by atoms with E-state index in [2.05, 4.69) is 5.10 Å². The molecular formula is C12H11FN2O3. The minimum atomic E-state index is -1.08. The number of rotatable bonds is 3. The molecule has 1 atom stereocenters. The highest BCUT2D eigenvalue weighted by molar-refractivity contribution is 6.16. The number of anilines is 1. The van der Waals surface area contributed by atoms with Gasteiger partial charge in [-0.25, -0.2) is 4.39 Å². The van der Waals surface area contributed by atoms with Gasteiger partial charge in [0.1, 0.15) is 11.5 Å². The molecule has 0 fully saturated rings. The predicted molar refractivity (Wildman–Crippen MR) is 62.7 cm³/mol. The number of carbonyl (C=O) groups is 2. The van der Waals surface area contributed by atoms with Crippen LogP contribution in [0, 0.1) is 11.7 Å². The van der Waals surface area contributed by atoms with Crippen LogP contribution in [0.25, 0.3) is 0 Å². The quantitative estimate of drug-likeness (QED) is 0.886. The summed E-state index contributed by atoms with van der Waals surface area (Å²) in [5.74, 6) is -2.99. The SMILES string of the molecule is CC1=NN(c2ccccc2F)C(=O)C1CC(=O)O. The number of amides is 1. The molecule has 1 aromatic rings. The third-order valence-electron chi connectivity index (χ3n) is 2.73. The van der Waals surface area contributed by atoms with Crippen molar-refractivity contribution in [2.45, 2.75) is 13.3 Å². The van der Waals surface area contributed by atoms with Crippen LogP contribution in [0.5, 0.6) is 0 Å². The number of carboxylic acids is 1. The second-order valence-electron chi connectivity index (χ2n) is 3.99. The van der Waals surface area contributed by atoms with E-state index in [1.54, 1.807) is 13.0 Å². The molecule has 0 saturated heterocycles. The van der Waals surface area contributed by atoms with E-state index < -0.39 is 23.6 Å². The highest BCUT2D eigenvalue weighted by Crippen LogP contribution is 2.27. The summed E-state index contributed by atoms with van der Waals surface area (Å²) < 4.78 is 13.6. The maximum absolute atomic E-state index is 13.6. The number of carbonyl (C=O) groups excluding carboxylic acids is 1. The molecule has 2 rings (SSSR count). The van der Waals surface area contributed by atoms with Gasteiger partial charge in [0, 0.05) is 5.71 Å². The molecule has 1 N–H and O–H groups in total. The van der Waals surface area contributed by atoms with Crippen LogP contribution in [0.15, 0.2) is 29.4 Å². The van der Waals surface area contributed by atoms with Gasteiger partial charge in [0.25, 0.3) is 5.91 Å². The number of hydrogen-bond donors (Lipinski definition) is 1. The van der Waals surface area contributed by atoms with E-state index in [4.69, 9.17) is 5.11 Å². The number of halogens is 1. The number of benzene rings is 1. The molecule has 0 spiro atoms. The van der Waals surface area contributed by atoms with Gasteiger partial charge in [0.05, 0.1) is 12.3 Å². The number of carboxylic acid groups (broad SMARTS) is 1. The second-order valence-corrected chi connectivity index (χ2v) is 3.99. The van der Waals surface area contributed by atoms with E-state index in [9.17, 15) is 14.0 Å². The number of aliphatic carboxylic acids is 1. The Balaban J connectivity index is 2.31. The highest BCUT2D eigenvalue weighted by Gasteiger charge is 2.36. The standard InChI is InChI=1S/C12H11FN2O3/c1-7-8(6-11(16)17)12(18)15(14-7)10-5-3-2-4-9(10)13/h2-5,8H,6H2,1H3,(H,16,17). The molecule has 0 saturated carbocycles. The Labute approximate surface area is 103 Å². The number of para-hydroxylation sites is 1. The van der Waals surface area contributed by atoms with Crippen LogP contribution in [0.4, 0.5) is 10.1 Å². The van der Waals surface area contributed by atoms with Crippen molar-refractivity contribution in [2.24, 2.45) is 11.0 Å². The van der Waals surface area contributed by atoms with Crippen LogP contribution in [0.3, 0.4) is 0 Å². The summed E-state index contributed by atoms with van der Waals surface area (Å²) in [6, 6.07) is 5.73. The first-order chi connectivity index (χ1) is 8.50. The fraction of sp³-hybridized carbons (Fsp3) is 0.250. The van der Waals surface area contributed by atoms with Gasteiger partial charge in [-0.15, -0.1) is 0 Å². The Kier molecular flexibility index (Phi) is 3.10. The smallest absolute Gasteiger partial charge is 0.304 e. The van der Waals surface area contributed by atoms with Crippen molar-refractivity contribution in [1.82, 2.24) is 0 Å². The van der Waals surface area contributed by atoms with E-state index in [1.165, 1.54) is 18.2 Å². The van der Waals surface area contributed by atoms with E-state index in [1.807, 2.05) is 0 Å². The van der Waals surface area contributed by atoms with Gasteiger partial charge >= 0.3 is 5.97 Å². The van der Waals surface area contributed by atoms with E-state index in [0.29, 0.717) is 5.71 Å². The second kappa shape index (κ2) is 4.56. The van der Waals surface area contributed by atoms with Crippen LogP contribution in [0.1, 0.15) is 13.3 Å². The Morgan fingerprint density at radius 1 is 1.50 bits per heavy atom. The van der Waals surface area contributed by atoms with Crippen molar-refractivity contribution in [3.8, 4) is 0 Å². The van der Waals surface area contributed by atoms with Crippen molar-refractivity contribution in [3.63, 3.8) is 0 Å². The molecule has 94 valence electrons.